The van der Waals surface area contributed by atoms with Crippen molar-refractivity contribution in [3.8, 4) is 0 Å². The van der Waals surface area contributed by atoms with Crippen LogP contribution in [0.25, 0.3) is 0 Å². The molecule has 2 N–H and O–H groups in total. The van der Waals surface area contributed by atoms with Crippen molar-refractivity contribution >= 4 is 5.91 Å². The number of carbonyl (C=O) groups excluding carboxylic acids is 1. The van der Waals surface area contributed by atoms with Crippen LogP contribution in [0, 0.1) is 5.82 Å². The average molecular weight is 555 g/mol. The van der Waals surface area contributed by atoms with Gasteiger partial charge in [0.15, 0.2) is 0 Å². The topological polar surface area (TPSA) is 59.1 Å². The molecule has 0 atom stereocenters. The van der Waals surface area contributed by atoms with Gasteiger partial charge in [-0.15, -0.1) is 0 Å². The first kappa shape index (κ1) is 31.5. The molecule has 0 aromatic heterocycles. The third-order valence-electron chi connectivity index (χ3n) is 7.56. The van der Waals surface area contributed by atoms with E-state index in [0.29, 0.717) is 35.8 Å². The smallest absolute Gasteiger partial charge is 0.251 e. The van der Waals surface area contributed by atoms with Gasteiger partial charge in [-0.1, -0.05) is 30.9 Å². The molecule has 8 heteroatoms. The van der Waals surface area contributed by atoms with E-state index >= 15 is 0 Å². The second-order valence-electron chi connectivity index (χ2n) is 10.8. The molecule has 2 heterocycles. The summed E-state index contributed by atoms with van der Waals surface area (Å²) >= 11 is 0. The zero-order chi connectivity index (χ0) is 29.1. The number of aliphatic hydroxyl groups is 1. The average Bonchev–Trinajstić information content (AvgIpc) is 2.95. The van der Waals surface area contributed by atoms with E-state index in [4.69, 9.17) is 0 Å². The van der Waals surface area contributed by atoms with Gasteiger partial charge in [0.25, 0.3) is 5.91 Å². The molecule has 0 radical (unpaired) electrons. The SMILES string of the molecule is C=C/C(=C\C(F)=C(C)C)CN1CCC(N2CCN(C/C(O)=C\C(=C/C)C(=O)NCc3cccc(F)c3)CC2)CC1. The molecule has 2 aliphatic heterocycles. The molecule has 2 fully saturated rings. The molecule has 1 aromatic carbocycles. The van der Waals surface area contributed by atoms with E-state index < -0.39 is 0 Å². The summed E-state index contributed by atoms with van der Waals surface area (Å²) in [6.07, 6.45) is 8.67. The lowest BCUT2D eigenvalue weighted by Gasteiger charge is -2.42. The number of aliphatic hydroxyl groups excluding tert-OH is 1. The van der Waals surface area contributed by atoms with Gasteiger partial charge in [-0.25, -0.2) is 8.78 Å². The van der Waals surface area contributed by atoms with Gasteiger partial charge in [-0.05, 0) is 87.7 Å². The van der Waals surface area contributed by atoms with E-state index in [1.54, 1.807) is 51.1 Å². The number of piperidine rings is 1. The highest BCUT2D eigenvalue weighted by Gasteiger charge is 2.27. The molecule has 2 aliphatic rings. The maximum absolute atomic E-state index is 14.0. The Kier molecular flexibility index (Phi) is 12.3. The van der Waals surface area contributed by atoms with Gasteiger partial charge >= 0.3 is 0 Å². The van der Waals surface area contributed by atoms with Crippen molar-refractivity contribution in [2.75, 3.05) is 52.4 Å². The second kappa shape index (κ2) is 15.6. The Bertz CT molecular complexity index is 1140. The maximum Gasteiger partial charge on any atom is 0.251 e. The van der Waals surface area contributed by atoms with E-state index in [2.05, 4.69) is 26.6 Å². The number of nitrogens with zero attached hydrogens (tertiary/aromatic N) is 3. The van der Waals surface area contributed by atoms with E-state index in [1.165, 1.54) is 18.2 Å². The molecular formula is C32H44F2N4O2. The number of amides is 1. The van der Waals surface area contributed by atoms with Crippen molar-refractivity contribution in [3.63, 3.8) is 0 Å². The zero-order valence-corrected chi connectivity index (χ0v) is 24.1. The zero-order valence-electron chi connectivity index (χ0n) is 24.1. The van der Waals surface area contributed by atoms with Crippen LogP contribution >= 0.6 is 0 Å². The Morgan fingerprint density at radius 1 is 1.07 bits per heavy atom. The molecule has 0 aliphatic carbocycles. The van der Waals surface area contributed by atoms with Crippen LogP contribution in [0.3, 0.4) is 0 Å². The van der Waals surface area contributed by atoms with E-state index in [0.717, 1.165) is 57.7 Å². The number of rotatable bonds is 11. The van der Waals surface area contributed by atoms with E-state index in [9.17, 15) is 18.7 Å². The minimum atomic E-state index is -0.343. The third kappa shape index (κ3) is 9.84. The summed E-state index contributed by atoms with van der Waals surface area (Å²) in [5, 5.41) is 13.4. The van der Waals surface area contributed by atoms with Crippen LogP contribution in [0.4, 0.5) is 8.78 Å². The quantitative estimate of drug-likeness (QED) is 0.221. The lowest BCUT2D eigenvalue weighted by molar-refractivity contribution is -0.117. The molecule has 0 saturated carbocycles. The van der Waals surface area contributed by atoms with Crippen LogP contribution in [0.5, 0.6) is 0 Å². The summed E-state index contributed by atoms with van der Waals surface area (Å²) in [6.45, 7) is 16.0. The number of allylic oxidation sites excluding steroid dienone is 4. The van der Waals surface area contributed by atoms with Crippen molar-refractivity contribution in [1.29, 1.82) is 0 Å². The number of benzene rings is 1. The minimum absolute atomic E-state index is 0.145. The predicted molar refractivity (Wildman–Crippen MR) is 158 cm³/mol. The maximum atomic E-state index is 14.0. The Morgan fingerprint density at radius 2 is 1.75 bits per heavy atom. The number of hydrogen-bond acceptors (Lipinski definition) is 5. The van der Waals surface area contributed by atoms with Gasteiger partial charge in [0, 0.05) is 50.9 Å². The highest BCUT2D eigenvalue weighted by Crippen LogP contribution is 2.20. The molecule has 3 rings (SSSR count). The number of piperazine rings is 1. The summed E-state index contributed by atoms with van der Waals surface area (Å²) in [5.41, 5.74) is 2.63. The number of hydrogen-bond donors (Lipinski definition) is 2. The Balaban J connectivity index is 1.41. The normalized spacial score (nSPS) is 19.0. The van der Waals surface area contributed by atoms with Crippen LogP contribution in [0.15, 0.2) is 83.5 Å². The molecule has 0 bridgehead atoms. The highest BCUT2D eigenvalue weighted by molar-refractivity contribution is 5.96. The molecule has 2 saturated heterocycles. The Labute approximate surface area is 238 Å². The lowest BCUT2D eigenvalue weighted by atomic mass is 10.0. The third-order valence-corrected chi connectivity index (χ3v) is 7.56. The van der Waals surface area contributed by atoms with Gasteiger partial charge in [-0.3, -0.25) is 19.5 Å². The van der Waals surface area contributed by atoms with Crippen molar-refractivity contribution in [3.05, 3.63) is 94.8 Å². The lowest BCUT2D eigenvalue weighted by Crippen LogP contribution is -2.53. The van der Waals surface area contributed by atoms with Crippen LogP contribution in [0.1, 0.15) is 39.2 Å². The van der Waals surface area contributed by atoms with Gasteiger partial charge < -0.3 is 10.4 Å². The summed E-state index contributed by atoms with van der Waals surface area (Å²) in [6, 6.07) is 6.64. The fourth-order valence-corrected chi connectivity index (χ4v) is 5.13. The number of nitrogens with one attached hydrogen (secondary N) is 1. The van der Waals surface area contributed by atoms with Crippen LogP contribution < -0.4 is 5.32 Å². The summed E-state index contributed by atoms with van der Waals surface area (Å²) in [5.74, 6) is -0.697. The molecular weight excluding hydrogens is 510 g/mol. The van der Waals surface area contributed by atoms with Gasteiger partial charge in [0.2, 0.25) is 0 Å². The van der Waals surface area contributed by atoms with Gasteiger partial charge in [0.1, 0.15) is 17.4 Å². The molecule has 6 nitrogen and oxygen atoms in total. The Morgan fingerprint density at radius 3 is 2.35 bits per heavy atom. The van der Waals surface area contributed by atoms with Crippen molar-refractivity contribution in [2.24, 2.45) is 0 Å². The second-order valence-corrected chi connectivity index (χ2v) is 10.8. The monoisotopic (exact) mass is 554 g/mol. The summed E-state index contributed by atoms with van der Waals surface area (Å²) < 4.78 is 27.4. The molecule has 1 amide bonds. The van der Waals surface area contributed by atoms with Crippen LogP contribution in [-0.2, 0) is 11.3 Å². The number of likely N-dealkylation sites (tertiary alicyclic amines) is 1. The van der Waals surface area contributed by atoms with E-state index in [-0.39, 0.29) is 29.9 Å². The first-order valence-corrected chi connectivity index (χ1v) is 14.1. The summed E-state index contributed by atoms with van der Waals surface area (Å²) in [7, 11) is 0. The molecule has 1 aromatic rings. The summed E-state index contributed by atoms with van der Waals surface area (Å²) in [4.78, 5) is 19.7. The van der Waals surface area contributed by atoms with E-state index in [1.807, 2.05) is 0 Å². The van der Waals surface area contributed by atoms with Crippen molar-refractivity contribution in [2.45, 2.75) is 46.2 Å². The van der Waals surface area contributed by atoms with Crippen LogP contribution in [0.2, 0.25) is 0 Å². The van der Waals surface area contributed by atoms with Gasteiger partial charge in [-0.2, -0.15) is 0 Å². The number of carbonyl (C=O) groups is 1. The van der Waals surface area contributed by atoms with Crippen LogP contribution in [-0.4, -0.2) is 84.1 Å². The van der Waals surface area contributed by atoms with Gasteiger partial charge in [0.05, 0.1) is 6.54 Å². The molecule has 40 heavy (non-hydrogen) atoms. The molecule has 0 unspecified atom stereocenters. The first-order valence-electron chi connectivity index (χ1n) is 14.1. The highest BCUT2D eigenvalue weighted by atomic mass is 19.1. The fourth-order valence-electron chi connectivity index (χ4n) is 5.13. The standard InChI is InChI=1S/C32H44F2N4O2/c1-5-25(19-31(34)24(3)4)22-36-12-10-29(11-13-36)38-16-14-37(15-17-38)23-30(39)20-27(6-2)32(40)35-21-26-8-7-9-28(33)18-26/h5-9,18-20,29,39H,1,10-17,21-23H2,2-4H3,(H,35,40)/b25-19+,27-6+,30-20+. The first-order chi connectivity index (χ1) is 19.2. The van der Waals surface area contributed by atoms with Crippen molar-refractivity contribution < 1.29 is 18.7 Å². The molecule has 218 valence electrons. The van der Waals surface area contributed by atoms with Crippen molar-refractivity contribution in [1.82, 2.24) is 20.0 Å². The fraction of sp³-hybridized carbons (Fsp3) is 0.469. The molecule has 0 spiro atoms. The predicted octanol–water partition coefficient (Wildman–Crippen LogP) is 5.29. The Hall–Kier alpha value is -3.07. The number of halogens is 2. The largest absolute Gasteiger partial charge is 0.511 e. The minimum Gasteiger partial charge on any atom is -0.511 e.